The second kappa shape index (κ2) is 12.5. The topological polar surface area (TPSA) is 61.8 Å². The van der Waals surface area contributed by atoms with Crippen LogP contribution in [0.2, 0.25) is 0 Å². The van der Waals surface area contributed by atoms with Crippen molar-refractivity contribution in [2.45, 2.75) is 68.5 Å². The van der Waals surface area contributed by atoms with Gasteiger partial charge in [-0.25, -0.2) is 4.79 Å². The number of aryl methyl sites for hydroxylation is 2. The van der Waals surface area contributed by atoms with Crippen molar-refractivity contribution in [2.75, 3.05) is 6.61 Å². The van der Waals surface area contributed by atoms with Crippen LogP contribution < -0.4 is 4.74 Å². The van der Waals surface area contributed by atoms with Gasteiger partial charge in [0, 0.05) is 12.1 Å². The Bertz CT molecular complexity index is 1190. The van der Waals surface area contributed by atoms with Gasteiger partial charge < -0.3 is 14.2 Å². The summed E-state index contributed by atoms with van der Waals surface area (Å²) in [7, 11) is -0.364. The molecule has 6 heteroatoms. The van der Waals surface area contributed by atoms with Gasteiger partial charge in [0.25, 0.3) is 0 Å². The van der Waals surface area contributed by atoms with Crippen LogP contribution in [-0.4, -0.2) is 30.8 Å². The van der Waals surface area contributed by atoms with E-state index in [0.717, 1.165) is 40.2 Å². The zero-order valence-electron chi connectivity index (χ0n) is 22.5. The van der Waals surface area contributed by atoms with Gasteiger partial charge in [0.15, 0.2) is 21.3 Å². The van der Waals surface area contributed by atoms with Crippen LogP contribution in [0.25, 0.3) is 0 Å². The quantitative estimate of drug-likeness (QED) is 0.205. The molecule has 2 aromatic rings. The monoisotopic (exact) mass is 533 g/mol. The molecule has 2 fully saturated rings. The third-order valence-corrected chi connectivity index (χ3v) is 9.42. The Morgan fingerprint density at radius 3 is 2.47 bits per heavy atom. The van der Waals surface area contributed by atoms with E-state index in [9.17, 15) is 9.59 Å². The summed E-state index contributed by atoms with van der Waals surface area (Å²) in [6.07, 6.45) is 8.00. The Kier molecular flexibility index (Phi) is 9.16. The molecule has 2 aromatic carbocycles. The van der Waals surface area contributed by atoms with Crippen LogP contribution >= 0.6 is 0 Å². The smallest absolute Gasteiger partial charge is 0.344 e. The number of benzene rings is 2. The van der Waals surface area contributed by atoms with Crippen molar-refractivity contribution in [3.05, 3.63) is 89.9 Å². The van der Waals surface area contributed by atoms with Gasteiger partial charge in [0.05, 0.1) is 16.8 Å². The Hall–Kier alpha value is -3.25. The average molecular weight is 534 g/mol. The number of hydrogen-bond donors (Lipinski definition) is 0. The van der Waals surface area contributed by atoms with Crippen molar-refractivity contribution in [2.24, 2.45) is 11.8 Å². The number of fused-ring (bicyclic) bond motifs is 3. The molecule has 2 aliphatic heterocycles. The van der Waals surface area contributed by atoms with E-state index >= 15 is 0 Å². The summed E-state index contributed by atoms with van der Waals surface area (Å²) in [6, 6.07) is 14.5. The molecule has 0 aromatic heterocycles. The Labute approximate surface area is 228 Å². The van der Waals surface area contributed by atoms with Crippen molar-refractivity contribution in [1.82, 2.24) is 0 Å². The first-order valence-electron chi connectivity index (χ1n) is 13.2. The fraction of sp³-hybridized carbons (Fsp3) is 0.375. The molecule has 2 saturated heterocycles. The number of rotatable bonds is 9. The predicted octanol–water partition coefficient (Wildman–Crippen LogP) is 6.64. The van der Waals surface area contributed by atoms with E-state index in [1.165, 1.54) is 4.90 Å². The molecule has 5 nitrogen and oxygen atoms in total. The lowest BCUT2D eigenvalue weighted by molar-refractivity contribution is -0.169. The van der Waals surface area contributed by atoms with Crippen LogP contribution in [0.3, 0.4) is 0 Å². The first-order valence-corrected chi connectivity index (χ1v) is 14.4. The van der Waals surface area contributed by atoms with Crippen molar-refractivity contribution in [3.63, 3.8) is 0 Å². The minimum Gasteiger partial charge on any atom is -0.481 e. The second-order valence-electron chi connectivity index (χ2n) is 10.1. The van der Waals surface area contributed by atoms with Crippen molar-refractivity contribution in [3.8, 4) is 5.75 Å². The number of ether oxygens (including phenoxy) is 3. The van der Waals surface area contributed by atoms with Gasteiger partial charge >= 0.3 is 11.9 Å². The van der Waals surface area contributed by atoms with Gasteiger partial charge in [0.1, 0.15) is 18.0 Å². The van der Waals surface area contributed by atoms with Gasteiger partial charge in [-0.05, 0) is 80.9 Å². The zero-order valence-corrected chi connectivity index (χ0v) is 23.3. The fourth-order valence-electron chi connectivity index (χ4n) is 5.45. The lowest BCUT2D eigenvalue weighted by Crippen LogP contribution is -2.38. The summed E-state index contributed by atoms with van der Waals surface area (Å²) in [5.74, 6) is 0.0339. The van der Waals surface area contributed by atoms with Crippen LogP contribution in [0, 0.1) is 25.7 Å². The number of esters is 2. The minimum absolute atomic E-state index is 0.0574. The number of allylic oxidation sites excluding steroid dienone is 3. The zero-order chi connectivity index (χ0) is 27.2. The fourth-order valence-corrected chi connectivity index (χ4v) is 7.68. The second-order valence-corrected chi connectivity index (χ2v) is 12.1. The number of carbonyl (C=O) groups excluding carboxylic acids is 2. The minimum atomic E-state index is -0.448. The van der Waals surface area contributed by atoms with Gasteiger partial charge in [-0.3, -0.25) is 4.79 Å². The predicted molar refractivity (Wildman–Crippen MR) is 151 cm³/mol. The highest BCUT2D eigenvalue weighted by atomic mass is 32.2. The molecule has 0 saturated carbocycles. The standard InChI is InChI=1S/C32H37O5S/c1-6-12-25(7-2)38(26-14-9-8-10-15-26)27-18-22(4)30(23(5)19-27)35-20-29(33)37-31-21(3)17-24-13-11-16-28(31)36-32(24)34/h6-10,12,14-15,18-19,21,24,28,31H,1-2,11,13,16-17,20H2,3-5H3/q+1/b25-12+. The molecular weight excluding hydrogens is 496 g/mol. The summed E-state index contributed by atoms with van der Waals surface area (Å²) in [4.78, 5) is 28.6. The average Bonchev–Trinajstić information content (AvgIpc) is 3.13. The van der Waals surface area contributed by atoms with E-state index in [4.69, 9.17) is 14.2 Å². The van der Waals surface area contributed by atoms with Gasteiger partial charge in [-0.1, -0.05) is 44.4 Å². The molecule has 4 rings (SSSR count). The molecule has 2 bridgehead atoms. The normalized spacial score (nSPS) is 24.0. The van der Waals surface area contributed by atoms with Crippen molar-refractivity contribution < 1.29 is 23.8 Å². The van der Waals surface area contributed by atoms with E-state index in [-0.39, 0.29) is 41.4 Å². The van der Waals surface area contributed by atoms with E-state index in [2.05, 4.69) is 37.4 Å². The van der Waals surface area contributed by atoms with Crippen molar-refractivity contribution >= 4 is 22.8 Å². The van der Waals surface area contributed by atoms with Crippen LogP contribution in [-0.2, 0) is 30.0 Å². The lowest BCUT2D eigenvalue weighted by Gasteiger charge is -2.29. The van der Waals surface area contributed by atoms with E-state index < -0.39 is 12.1 Å². The molecule has 0 radical (unpaired) electrons. The molecule has 5 atom stereocenters. The maximum Gasteiger partial charge on any atom is 0.344 e. The maximum absolute atomic E-state index is 12.9. The van der Waals surface area contributed by atoms with Crippen LogP contribution in [0.5, 0.6) is 5.75 Å². The van der Waals surface area contributed by atoms with E-state index in [1.807, 2.05) is 51.1 Å². The summed E-state index contributed by atoms with van der Waals surface area (Å²) in [5, 5.41) is 0. The lowest BCUT2D eigenvalue weighted by atomic mass is 9.84. The van der Waals surface area contributed by atoms with Gasteiger partial charge in [-0.15, -0.1) is 0 Å². The highest BCUT2D eigenvalue weighted by Gasteiger charge is 2.42. The molecule has 0 N–H and O–H groups in total. The molecule has 0 aliphatic carbocycles. The summed E-state index contributed by atoms with van der Waals surface area (Å²) in [6.45, 7) is 13.7. The van der Waals surface area contributed by atoms with Gasteiger partial charge in [0.2, 0.25) is 0 Å². The molecule has 0 amide bonds. The number of hydrogen-bond acceptors (Lipinski definition) is 5. The first-order chi connectivity index (χ1) is 18.3. The Morgan fingerprint density at radius 1 is 1.11 bits per heavy atom. The molecule has 2 aliphatic rings. The maximum atomic E-state index is 12.9. The van der Waals surface area contributed by atoms with Crippen LogP contribution in [0.15, 0.2) is 88.5 Å². The SMILES string of the molecule is C=C/C=C(\C=C)[S+](c1ccccc1)c1cc(C)c(OCC(=O)OC2C(C)CC3CCCC2OC3=O)c(C)c1. The largest absolute Gasteiger partial charge is 0.481 e. The third-order valence-electron chi connectivity index (χ3n) is 7.20. The molecule has 2 heterocycles. The van der Waals surface area contributed by atoms with Crippen LogP contribution in [0.1, 0.15) is 43.7 Å². The molecule has 200 valence electrons. The van der Waals surface area contributed by atoms with E-state index in [1.54, 1.807) is 6.08 Å². The summed E-state index contributed by atoms with van der Waals surface area (Å²) >= 11 is 0. The van der Waals surface area contributed by atoms with Gasteiger partial charge in [-0.2, -0.15) is 0 Å². The molecule has 38 heavy (non-hydrogen) atoms. The molecule has 0 spiro atoms. The third kappa shape index (κ3) is 6.24. The molecule has 5 unspecified atom stereocenters. The van der Waals surface area contributed by atoms with E-state index in [0.29, 0.717) is 12.2 Å². The van der Waals surface area contributed by atoms with Crippen molar-refractivity contribution in [1.29, 1.82) is 0 Å². The summed E-state index contributed by atoms with van der Waals surface area (Å²) < 4.78 is 17.5. The highest BCUT2D eigenvalue weighted by Crippen LogP contribution is 2.37. The van der Waals surface area contributed by atoms with Crippen LogP contribution in [0.4, 0.5) is 0 Å². The summed E-state index contributed by atoms with van der Waals surface area (Å²) in [5.41, 5.74) is 1.88. The Balaban J connectivity index is 1.50. The molecular formula is C32H37O5S+. The Morgan fingerprint density at radius 2 is 1.82 bits per heavy atom. The first kappa shape index (κ1) is 27.8. The highest BCUT2D eigenvalue weighted by molar-refractivity contribution is 8.00. The number of carbonyl (C=O) groups is 2.